The van der Waals surface area contributed by atoms with E-state index >= 15 is 0 Å². The molecule has 54 heavy (non-hydrogen) atoms. The van der Waals surface area contributed by atoms with Crippen molar-refractivity contribution in [1.29, 1.82) is 0 Å². The molecule has 0 aliphatic carbocycles. The molecule has 0 radical (unpaired) electrons. The second kappa shape index (κ2) is 45.7. The molecular weight excluding hydrogens is 663 g/mol. The third-order valence-electron chi connectivity index (χ3n) is 10.8. The Labute approximate surface area is 337 Å². The van der Waals surface area contributed by atoms with Crippen molar-refractivity contribution in [3.63, 3.8) is 0 Å². The fourth-order valence-corrected chi connectivity index (χ4v) is 7.11. The molecule has 0 aliphatic rings. The van der Waals surface area contributed by atoms with E-state index in [4.69, 9.17) is 0 Å². The van der Waals surface area contributed by atoms with Crippen molar-refractivity contribution in [2.75, 3.05) is 6.61 Å². The first-order valence-corrected chi connectivity index (χ1v) is 23.9. The number of allylic oxidation sites excluding steroid dienone is 7. The zero-order valence-corrected chi connectivity index (χ0v) is 36.2. The van der Waals surface area contributed by atoms with Crippen LogP contribution in [0, 0.1) is 0 Å². The van der Waals surface area contributed by atoms with Crippen LogP contribution in [0.4, 0.5) is 0 Å². The van der Waals surface area contributed by atoms with Gasteiger partial charge in [0.15, 0.2) is 0 Å². The van der Waals surface area contributed by atoms with E-state index < -0.39 is 12.1 Å². The number of nitrogens with one attached hydrogen (secondary N) is 1. The van der Waals surface area contributed by atoms with Gasteiger partial charge in [-0.1, -0.05) is 223 Å². The quantitative estimate of drug-likeness (QED) is 0.0429. The van der Waals surface area contributed by atoms with Crippen LogP contribution in [0.1, 0.15) is 245 Å². The molecule has 0 aliphatic heterocycles. The van der Waals surface area contributed by atoms with E-state index in [-0.39, 0.29) is 12.5 Å². The number of rotatable bonds is 43. The number of carbonyl (C=O) groups is 1. The van der Waals surface area contributed by atoms with Gasteiger partial charge in [0, 0.05) is 6.42 Å². The Hall–Kier alpha value is -1.65. The molecule has 0 fully saturated rings. The van der Waals surface area contributed by atoms with Gasteiger partial charge in [-0.25, -0.2) is 0 Å². The lowest BCUT2D eigenvalue weighted by Gasteiger charge is -2.19. The number of aliphatic hydroxyl groups excluding tert-OH is 2. The normalized spacial score (nSPS) is 13.3. The molecule has 0 heterocycles. The Morgan fingerprint density at radius 1 is 0.444 bits per heavy atom. The van der Waals surface area contributed by atoms with E-state index in [2.05, 4.69) is 55.6 Å². The SMILES string of the molecule is CCCCCC/C=C\C/C=C\CCCCCCCCCC(=O)NC(CO)C(O)/C=C/CC/C=C/CCCCCCCCCCCCCCCCCCCC. The number of unbranched alkanes of at least 4 members (excludes halogenated alkanes) is 30. The summed E-state index contributed by atoms with van der Waals surface area (Å²) in [4.78, 5) is 12.4. The van der Waals surface area contributed by atoms with Gasteiger partial charge >= 0.3 is 0 Å². The van der Waals surface area contributed by atoms with Crippen LogP contribution < -0.4 is 5.32 Å². The molecule has 2 atom stereocenters. The predicted octanol–water partition coefficient (Wildman–Crippen LogP) is 15.1. The highest BCUT2D eigenvalue weighted by Gasteiger charge is 2.17. The molecule has 0 spiro atoms. The second-order valence-corrected chi connectivity index (χ2v) is 16.2. The average molecular weight is 756 g/mol. The van der Waals surface area contributed by atoms with Gasteiger partial charge < -0.3 is 15.5 Å². The summed E-state index contributed by atoms with van der Waals surface area (Å²) >= 11 is 0. The van der Waals surface area contributed by atoms with E-state index in [0.29, 0.717) is 6.42 Å². The molecule has 0 aromatic rings. The second-order valence-electron chi connectivity index (χ2n) is 16.2. The molecule has 0 aromatic carbocycles. The minimum atomic E-state index is -0.866. The van der Waals surface area contributed by atoms with Crippen LogP contribution in [-0.2, 0) is 4.79 Å². The van der Waals surface area contributed by atoms with Crippen LogP contribution in [-0.4, -0.2) is 34.9 Å². The summed E-state index contributed by atoms with van der Waals surface area (Å²) in [7, 11) is 0. The molecule has 0 bridgehead atoms. The monoisotopic (exact) mass is 756 g/mol. The van der Waals surface area contributed by atoms with Crippen molar-refractivity contribution >= 4 is 5.91 Å². The molecule has 0 aromatic heterocycles. The van der Waals surface area contributed by atoms with Crippen LogP contribution in [0.15, 0.2) is 48.6 Å². The number of aliphatic hydroxyl groups is 2. The molecule has 2 unspecified atom stereocenters. The zero-order valence-electron chi connectivity index (χ0n) is 36.2. The van der Waals surface area contributed by atoms with Crippen molar-refractivity contribution in [3.8, 4) is 0 Å². The maximum absolute atomic E-state index is 12.4. The van der Waals surface area contributed by atoms with E-state index in [1.807, 2.05) is 6.08 Å². The smallest absolute Gasteiger partial charge is 0.220 e. The molecule has 1 amide bonds. The van der Waals surface area contributed by atoms with Gasteiger partial charge in [-0.3, -0.25) is 4.79 Å². The van der Waals surface area contributed by atoms with E-state index in [1.54, 1.807) is 6.08 Å². The molecule has 4 nitrogen and oxygen atoms in total. The molecule has 3 N–H and O–H groups in total. The summed E-state index contributed by atoms with van der Waals surface area (Å²) in [5.74, 6) is -0.0813. The maximum Gasteiger partial charge on any atom is 0.220 e. The Balaban J connectivity index is 3.59. The summed E-state index contributed by atoms with van der Waals surface area (Å²) in [5, 5.41) is 23.0. The fraction of sp³-hybridized carbons (Fsp3) is 0.820. The highest BCUT2D eigenvalue weighted by atomic mass is 16.3. The maximum atomic E-state index is 12.4. The van der Waals surface area contributed by atoms with Crippen molar-refractivity contribution in [1.82, 2.24) is 5.32 Å². The molecule has 0 rings (SSSR count). The summed E-state index contributed by atoms with van der Waals surface area (Å²) in [6.45, 7) is 4.29. The lowest BCUT2D eigenvalue weighted by atomic mass is 10.0. The summed E-state index contributed by atoms with van der Waals surface area (Å²) in [5.41, 5.74) is 0. The molecule has 316 valence electrons. The van der Waals surface area contributed by atoms with Crippen LogP contribution in [0.25, 0.3) is 0 Å². The van der Waals surface area contributed by atoms with Crippen molar-refractivity contribution in [2.24, 2.45) is 0 Å². The Bertz CT molecular complexity index is 862. The number of hydrogen-bond donors (Lipinski definition) is 3. The summed E-state index contributed by atoms with van der Waals surface area (Å²) < 4.78 is 0. The van der Waals surface area contributed by atoms with Crippen LogP contribution >= 0.6 is 0 Å². The number of hydrogen-bond acceptors (Lipinski definition) is 3. The topological polar surface area (TPSA) is 69.6 Å². The summed E-state index contributed by atoms with van der Waals surface area (Å²) in [6, 6.07) is -0.644. The van der Waals surface area contributed by atoms with Gasteiger partial charge in [0.25, 0.3) is 0 Å². The first-order chi connectivity index (χ1) is 26.7. The first kappa shape index (κ1) is 52.3. The van der Waals surface area contributed by atoms with Gasteiger partial charge in [0.2, 0.25) is 5.91 Å². The van der Waals surface area contributed by atoms with Gasteiger partial charge in [0.05, 0.1) is 18.8 Å². The van der Waals surface area contributed by atoms with Gasteiger partial charge in [-0.2, -0.15) is 0 Å². The van der Waals surface area contributed by atoms with Gasteiger partial charge in [-0.15, -0.1) is 0 Å². The molecular formula is C50H93NO3. The van der Waals surface area contributed by atoms with Gasteiger partial charge in [-0.05, 0) is 64.2 Å². The van der Waals surface area contributed by atoms with Crippen LogP contribution in [0.3, 0.4) is 0 Å². The lowest BCUT2D eigenvalue weighted by Crippen LogP contribution is -2.45. The highest BCUT2D eigenvalue weighted by Crippen LogP contribution is 2.15. The molecule has 4 heteroatoms. The zero-order chi connectivity index (χ0) is 39.3. The average Bonchev–Trinajstić information content (AvgIpc) is 3.18. The third kappa shape index (κ3) is 41.5. The highest BCUT2D eigenvalue weighted by molar-refractivity contribution is 5.76. The van der Waals surface area contributed by atoms with Crippen LogP contribution in [0.2, 0.25) is 0 Å². The standard InChI is InChI=1S/C50H93NO3/c1-3-5-7-9-11-13-15-17-19-21-23-24-25-26-27-28-29-31-33-35-37-39-41-43-45-49(53)48(47-52)51-50(54)46-44-42-40-38-36-34-32-30-22-20-18-16-14-12-10-8-6-4-2/h14,16,20,22,35,37,43,45,48-49,52-53H,3-13,15,17-19,21,23-34,36,38-42,44,46-47H2,1-2H3,(H,51,54)/b16-14-,22-20-,37-35+,45-43+. The lowest BCUT2D eigenvalue weighted by molar-refractivity contribution is -0.123. The Morgan fingerprint density at radius 3 is 1.20 bits per heavy atom. The Kier molecular flexibility index (Phi) is 44.3. The first-order valence-electron chi connectivity index (χ1n) is 23.9. The minimum Gasteiger partial charge on any atom is -0.394 e. The third-order valence-corrected chi connectivity index (χ3v) is 10.8. The summed E-state index contributed by atoms with van der Waals surface area (Å²) in [6.07, 6.45) is 62.3. The predicted molar refractivity (Wildman–Crippen MR) is 239 cm³/mol. The fourth-order valence-electron chi connectivity index (χ4n) is 7.11. The number of carbonyl (C=O) groups excluding carboxylic acids is 1. The van der Waals surface area contributed by atoms with E-state index in [1.165, 1.54) is 180 Å². The van der Waals surface area contributed by atoms with Crippen LogP contribution in [0.5, 0.6) is 0 Å². The van der Waals surface area contributed by atoms with Crippen molar-refractivity contribution in [3.05, 3.63) is 48.6 Å². The van der Waals surface area contributed by atoms with Crippen molar-refractivity contribution < 1.29 is 15.0 Å². The number of amides is 1. The van der Waals surface area contributed by atoms with E-state index in [9.17, 15) is 15.0 Å². The van der Waals surface area contributed by atoms with Crippen molar-refractivity contribution in [2.45, 2.75) is 257 Å². The van der Waals surface area contributed by atoms with E-state index in [0.717, 1.165) is 44.9 Å². The molecule has 0 saturated carbocycles. The Morgan fingerprint density at radius 2 is 0.778 bits per heavy atom. The minimum absolute atomic E-state index is 0.0813. The largest absolute Gasteiger partial charge is 0.394 e. The van der Waals surface area contributed by atoms with Gasteiger partial charge in [0.1, 0.15) is 0 Å². The molecule has 0 saturated heterocycles.